The molecule has 0 fully saturated rings. The van der Waals surface area contributed by atoms with Crippen LogP contribution in [0, 0.1) is 6.92 Å². The lowest BCUT2D eigenvalue weighted by atomic mass is 10.3. The fourth-order valence-electron chi connectivity index (χ4n) is 1.49. The second-order valence-electron chi connectivity index (χ2n) is 4.17. The van der Waals surface area contributed by atoms with Crippen molar-refractivity contribution in [1.82, 2.24) is 5.16 Å². The first-order valence-corrected chi connectivity index (χ1v) is 7.52. The maximum absolute atomic E-state index is 11.8. The number of nitrogen functional groups attached to an aromatic ring is 1. The Morgan fingerprint density at radius 1 is 1.40 bits per heavy atom. The lowest BCUT2D eigenvalue weighted by molar-refractivity contribution is 0.341. The molecule has 2 aromatic rings. The molecule has 1 aromatic heterocycles. The van der Waals surface area contributed by atoms with E-state index in [0.29, 0.717) is 17.1 Å². The zero-order valence-corrected chi connectivity index (χ0v) is 11.7. The van der Waals surface area contributed by atoms with Crippen molar-refractivity contribution < 1.29 is 17.7 Å². The van der Waals surface area contributed by atoms with Gasteiger partial charge in [0.1, 0.15) is 18.1 Å². The van der Waals surface area contributed by atoms with Crippen LogP contribution in [0.4, 0.5) is 11.6 Å². The lowest BCUT2D eigenvalue weighted by Gasteiger charge is -2.07. The molecule has 0 radical (unpaired) electrons. The molecule has 1 heterocycles. The third-order valence-corrected chi connectivity index (χ3v) is 3.58. The molecule has 0 saturated carbocycles. The number of hydrogen-bond donors (Lipinski definition) is 2. The van der Waals surface area contributed by atoms with Crippen LogP contribution < -0.4 is 15.2 Å². The van der Waals surface area contributed by atoms with Crippen LogP contribution in [-0.4, -0.2) is 25.9 Å². The molecule has 0 aliphatic heterocycles. The molecule has 0 amide bonds. The van der Waals surface area contributed by atoms with Gasteiger partial charge >= 0.3 is 0 Å². The molecular weight excluding hydrogens is 282 g/mol. The predicted octanol–water partition coefficient (Wildman–Crippen LogP) is 1.39. The highest BCUT2D eigenvalue weighted by molar-refractivity contribution is 7.92. The summed E-state index contributed by atoms with van der Waals surface area (Å²) in [7, 11) is -3.54. The number of nitrogens with zero attached hydrogens (tertiary/aromatic N) is 1. The highest BCUT2D eigenvalue weighted by atomic mass is 32.2. The van der Waals surface area contributed by atoms with Crippen LogP contribution in [0.2, 0.25) is 0 Å². The van der Waals surface area contributed by atoms with E-state index in [-0.39, 0.29) is 18.2 Å². The minimum Gasteiger partial charge on any atom is -0.492 e. The molecule has 0 saturated heterocycles. The van der Waals surface area contributed by atoms with Gasteiger partial charge in [0.25, 0.3) is 0 Å². The average Bonchev–Trinajstić information content (AvgIpc) is 2.73. The summed E-state index contributed by atoms with van der Waals surface area (Å²) in [4.78, 5) is 0. The van der Waals surface area contributed by atoms with E-state index in [1.165, 1.54) is 6.07 Å². The Labute approximate surface area is 116 Å². The molecule has 3 N–H and O–H groups in total. The largest absolute Gasteiger partial charge is 0.492 e. The standard InChI is InChI=1S/C12H15N3O4S/c1-9-7-12(19-14-9)15-20(16,17)6-5-18-11-4-2-3-10(13)8-11/h2-4,7-8,15H,5-6,13H2,1H3. The molecular formula is C12H15N3O4S. The van der Waals surface area contributed by atoms with Gasteiger partial charge < -0.3 is 15.0 Å². The molecule has 2 rings (SSSR count). The van der Waals surface area contributed by atoms with Crippen molar-refractivity contribution >= 4 is 21.6 Å². The molecule has 1 aromatic carbocycles. The number of ether oxygens (including phenoxy) is 1. The Morgan fingerprint density at radius 3 is 2.85 bits per heavy atom. The van der Waals surface area contributed by atoms with Crippen molar-refractivity contribution in [3.8, 4) is 5.75 Å². The van der Waals surface area contributed by atoms with E-state index in [2.05, 4.69) is 9.88 Å². The second kappa shape index (κ2) is 5.83. The topological polar surface area (TPSA) is 107 Å². The minimum atomic E-state index is -3.54. The lowest BCUT2D eigenvalue weighted by Crippen LogP contribution is -2.21. The van der Waals surface area contributed by atoms with Crippen LogP contribution in [0.25, 0.3) is 0 Å². The monoisotopic (exact) mass is 297 g/mol. The number of nitrogens with two attached hydrogens (primary N) is 1. The average molecular weight is 297 g/mol. The maximum atomic E-state index is 11.8. The van der Waals surface area contributed by atoms with Gasteiger partial charge in [-0.25, -0.2) is 8.42 Å². The van der Waals surface area contributed by atoms with E-state index in [9.17, 15) is 8.42 Å². The van der Waals surface area contributed by atoms with Gasteiger partial charge in [0.15, 0.2) is 0 Å². The molecule has 0 unspecified atom stereocenters. The van der Waals surface area contributed by atoms with Crippen LogP contribution in [-0.2, 0) is 10.0 Å². The van der Waals surface area contributed by atoms with Crippen LogP contribution in [0.3, 0.4) is 0 Å². The SMILES string of the molecule is Cc1cc(NS(=O)(=O)CCOc2cccc(N)c2)on1. The normalized spacial score (nSPS) is 11.2. The number of benzene rings is 1. The summed E-state index contributed by atoms with van der Waals surface area (Å²) in [5.41, 5.74) is 6.74. The van der Waals surface area contributed by atoms with Gasteiger partial charge in [-0.1, -0.05) is 11.2 Å². The Hall–Kier alpha value is -2.22. The van der Waals surface area contributed by atoms with Crippen molar-refractivity contribution in [3.63, 3.8) is 0 Å². The first-order chi connectivity index (χ1) is 9.44. The maximum Gasteiger partial charge on any atom is 0.238 e. The van der Waals surface area contributed by atoms with Gasteiger partial charge in [-0.15, -0.1) is 0 Å². The van der Waals surface area contributed by atoms with Crippen molar-refractivity contribution in [2.24, 2.45) is 0 Å². The van der Waals surface area contributed by atoms with E-state index < -0.39 is 10.0 Å². The predicted molar refractivity (Wildman–Crippen MR) is 75.0 cm³/mol. The number of hydrogen-bond acceptors (Lipinski definition) is 6. The number of aryl methyl sites for hydroxylation is 1. The number of sulfonamides is 1. The summed E-state index contributed by atoms with van der Waals surface area (Å²) < 4.78 is 35.9. The Balaban J connectivity index is 1.86. The number of anilines is 2. The molecule has 108 valence electrons. The summed E-state index contributed by atoms with van der Waals surface area (Å²) in [6.07, 6.45) is 0. The number of rotatable bonds is 6. The second-order valence-corrected chi connectivity index (χ2v) is 6.02. The van der Waals surface area contributed by atoms with Gasteiger partial charge in [0.05, 0.1) is 5.69 Å². The third kappa shape index (κ3) is 4.16. The van der Waals surface area contributed by atoms with Crippen LogP contribution in [0.1, 0.15) is 5.69 Å². The van der Waals surface area contributed by atoms with E-state index in [1.54, 1.807) is 31.2 Å². The molecule has 0 bridgehead atoms. The summed E-state index contributed by atoms with van der Waals surface area (Å²) in [6.45, 7) is 1.70. The molecule has 0 spiro atoms. The molecule has 0 aliphatic rings. The van der Waals surface area contributed by atoms with Crippen LogP contribution in [0.5, 0.6) is 5.75 Å². The third-order valence-electron chi connectivity index (χ3n) is 2.36. The summed E-state index contributed by atoms with van der Waals surface area (Å²) >= 11 is 0. The van der Waals surface area contributed by atoms with Gasteiger partial charge in [0.2, 0.25) is 15.9 Å². The molecule has 7 nitrogen and oxygen atoms in total. The fraction of sp³-hybridized carbons (Fsp3) is 0.250. The van der Waals surface area contributed by atoms with Gasteiger partial charge in [0, 0.05) is 17.8 Å². The van der Waals surface area contributed by atoms with E-state index >= 15 is 0 Å². The minimum absolute atomic E-state index is 0.00586. The highest BCUT2D eigenvalue weighted by Crippen LogP contribution is 2.15. The first-order valence-electron chi connectivity index (χ1n) is 5.87. The Morgan fingerprint density at radius 2 is 2.20 bits per heavy atom. The Bertz CT molecular complexity index is 682. The van der Waals surface area contributed by atoms with Crippen LogP contribution >= 0.6 is 0 Å². The van der Waals surface area contributed by atoms with Crippen LogP contribution in [0.15, 0.2) is 34.9 Å². The molecule has 20 heavy (non-hydrogen) atoms. The number of nitrogens with one attached hydrogen (secondary N) is 1. The van der Waals surface area contributed by atoms with Crippen molar-refractivity contribution in [3.05, 3.63) is 36.0 Å². The molecule has 0 atom stereocenters. The zero-order chi connectivity index (χ0) is 14.6. The molecule has 8 heteroatoms. The smallest absolute Gasteiger partial charge is 0.238 e. The summed E-state index contributed by atoms with van der Waals surface area (Å²) in [5, 5.41) is 3.59. The Kier molecular flexibility index (Phi) is 4.14. The van der Waals surface area contributed by atoms with Gasteiger partial charge in [-0.3, -0.25) is 4.72 Å². The highest BCUT2D eigenvalue weighted by Gasteiger charge is 2.13. The summed E-state index contributed by atoms with van der Waals surface area (Å²) in [5.74, 6) is 0.406. The first kappa shape index (κ1) is 14.2. The number of aromatic nitrogens is 1. The van der Waals surface area contributed by atoms with E-state index in [4.69, 9.17) is 15.0 Å². The zero-order valence-electron chi connectivity index (χ0n) is 10.9. The van der Waals surface area contributed by atoms with E-state index in [0.717, 1.165) is 0 Å². The quantitative estimate of drug-likeness (QED) is 0.780. The van der Waals surface area contributed by atoms with Crippen molar-refractivity contribution in [1.29, 1.82) is 0 Å². The van der Waals surface area contributed by atoms with Gasteiger partial charge in [-0.2, -0.15) is 0 Å². The van der Waals surface area contributed by atoms with Gasteiger partial charge in [-0.05, 0) is 19.1 Å². The van der Waals surface area contributed by atoms with E-state index in [1.807, 2.05) is 0 Å². The van der Waals surface area contributed by atoms with Crippen molar-refractivity contribution in [2.45, 2.75) is 6.92 Å². The molecule has 0 aliphatic carbocycles. The summed E-state index contributed by atoms with van der Waals surface area (Å²) in [6, 6.07) is 8.28. The fourth-order valence-corrected chi connectivity index (χ4v) is 2.30. The van der Waals surface area contributed by atoms with Crippen molar-refractivity contribution in [2.75, 3.05) is 22.8 Å².